The lowest BCUT2D eigenvalue weighted by molar-refractivity contribution is -0.227. The number of alkyl halides is 1. The zero-order valence-electron chi connectivity index (χ0n) is 20.3. The Morgan fingerprint density at radius 2 is 1.94 bits per heavy atom. The minimum Gasteiger partial charge on any atom is -0.458 e. The van der Waals surface area contributed by atoms with Gasteiger partial charge in [0, 0.05) is 23.7 Å². The molecule has 5 rings (SSSR count). The van der Waals surface area contributed by atoms with Crippen LogP contribution < -0.4 is 0 Å². The molecule has 3 saturated carbocycles. The highest BCUT2D eigenvalue weighted by molar-refractivity contribution is 6.01. The molecular weight excluding hydrogens is 443 g/mol. The van der Waals surface area contributed by atoms with Gasteiger partial charge in [0.25, 0.3) is 0 Å². The van der Waals surface area contributed by atoms with Crippen molar-refractivity contribution >= 4 is 17.5 Å². The van der Waals surface area contributed by atoms with Crippen molar-refractivity contribution in [2.24, 2.45) is 28.6 Å². The van der Waals surface area contributed by atoms with E-state index in [2.05, 4.69) is 0 Å². The van der Waals surface area contributed by atoms with Crippen LogP contribution in [0.4, 0.5) is 4.39 Å². The summed E-state index contributed by atoms with van der Waals surface area (Å²) in [5.41, 5.74) is -2.63. The average Bonchev–Trinajstić information content (AvgIpc) is 3.13. The van der Waals surface area contributed by atoms with Gasteiger partial charge in [0.15, 0.2) is 23.8 Å². The summed E-state index contributed by atoms with van der Waals surface area (Å²) < 4.78 is 33.2. The number of Topliss-reactive ketones (excluding diaryl/α,β-unsaturated/α-hetero) is 1. The number of halogens is 1. The Bertz CT molecular complexity index is 1020. The van der Waals surface area contributed by atoms with Gasteiger partial charge >= 0.3 is 5.97 Å². The van der Waals surface area contributed by atoms with Crippen LogP contribution in [0.5, 0.6) is 0 Å². The summed E-state index contributed by atoms with van der Waals surface area (Å²) in [5, 5.41) is 11.6. The molecule has 1 heterocycles. The quantitative estimate of drug-likeness (QED) is 0.626. The first kappa shape index (κ1) is 23.8. The zero-order chi connectivity index (χ0) is 24.8. The standard InChI is InChI=1S/C26H33FO7/c1-13(28)32-12-20(31)26-21(33-23(2,3)34-26)10-16-15-9-18(27)17-8-14(29)6-7-24(17,4)22(15)19(30)11-25(16,26)5/h6-8,15-16,18-19,21-22,30H,9-12H2,1-5H3/t15-,16-,18?,19-,21+,22+,24-,25-,26+/m0/s1. The van der Waals surface area contributed by atoms with Crippen LogP contribution >= 0.6 is 0 Å². The fraction of sp³-hybridized carbons (Fsp3) is 0.731. The van der Waals surface area contributed by atoms with Gasteiger partial charge in [-0.25, -0.2) is 4.39 Å². The Morgan fingerprint density at radius 3 is 2.62 bits per heavy atom. The molecule has 0 radical (unpaired) electrons. The highest BCUT2D eigenvalue weighted by atomic mass is 19.1. The molecule has 0 aromatic heterocycles. The molecule has 0 spiro atoms. The maximum absolute atomic E-state index is 15.6. The van der Waals surface area contributed by atoms with Gasteiger partial charge in [0.05, 0.1) is 12.2 Å². The number of hydrogen-bond donors (Lipinski definition) is 1. The van der Waals surface area contributed by atoms with Gasteiger partial charge in [-0.1, -0.05) is 19.9 Å². The maximum Gasteiger partial charge on any atom is 0.303 e. The van der Waals surface area contributed by atoms with Crippen molar-refractivity contribution in [2.75, 3.05) is 6.61 Å². The predicted molar refractivity (Wildman–Crippen MR) is 118 cm³/mol. The molecule has 1 N–H and O–H groups in total. The molecule has 186 valence electrons. The van der Waals surface area contributed by atoms with E-state index in [1.165, 1.54) is 19.1 Å². The first-order valence-electron chi connectivity index (χ1n) is 12.1. The topological polar surface area (TPSA) is 99.1 Å². The lowest BCUT2D eigenvalue weighted by atomic mass is 9.46. The third-order valence-corrected chi connectivity index (χ3v) is 9.29. The highest BCUT2D eigenvalue weighted by Crippen LogP contribution is 2.70. The molecule has 4 fully saturated rings. The van der Waals surface area contributed by atoms with Crippen LogP contribution in [0.1, 0.15) is 53.9 Å². The Balaban J connectivity index is 1.58. The fourth-order valence-electron chi connectivity index (χ4n) is 8.21. The summed E-state index contributed by atoms with van der Waals surface area (Å²) >= 11 is 0. The van der Waals surface area contributed by atoms with Gasteiger partial charge in [-0.3, -0.25) is 14.4 Å². The maximum atomic E-state index is 15.6. The molecule has 4 aliphatic carbocycles. The molecule has 1 aliphatic heterocycles. The number of ether oxygens (including phenoxy) is 3. The first-order valence-corrected chi connectivity index (χ1v) is 12.1. The molecular formula is C26H33FO7. The van der Waals surface area contributed by atoms with Crippen LogP contribution in [0.15, 0.2) is 23.8 Å². The largest absolute Gasteiger partial charge is 0.458 e. The van der Waals surface area contributed by atoms with E-state index in [-0.39, 0.29) is 36.4 Å². The van der Waals surface area contributed by atoms with Crippen LogP contribution in [0, 0.1) is 28.6 Å². The van der Waals surface area contributed by atoms with Gasteiger partial charge in [0.2, 0.25) is 5.78 Å². The smallest absolute Gasteiger partial charge is 0.303 e. The lowest BCUT2D eigenvalue weighted by Gasteiger charge is -2.60. The minimum atomic E-state index is -1.41. The lowest BCUT2D eigenvalue weighted by Crippen LogP contribution is -2.64. The second kappa shape index (κ2) is 7.31. The van der Waals surface area contributed by atoms with Gasteiger partial charge < -0.3 is 19.3 Å². The molecule has 0 aromatic rings. The number of fused-ring (bicyclic) bond motifs is 7. The Labute approximate surface area is 198 Å². The number of aliphatic hydroxyl groups is 1. The zero-order valence-corrected chi connectivity index (χ0v) is 20.3. The van der Waals surface area contributed by atoms with Crippen LogP contribution in [0.2, 0.25) is 0 Å². The van der Waals surface area contributed by atoms with E-state index in [0.717, 1.165) is 0 Å². The second-order valence-electron chi connectivity index (χ2n) is 11.6. The number of aliphatic hydroxyl groups excluding tert-OH is 1. The number of ketones is 2. The van der Waals surface area contributed by atoms with Crippen molar-refractivity contribution in [2.45, 2.75) is 83.6 Å². The van der Waals surface area contributed by atoms with Crippen LogP contribution in [0.3, 0.4) is 0 Å². The van der Waals surface area contributed by atoms with E-state index >= 15 is 4.39 Å². The SMILES string of the molecule is CC(=O)OCC(=O)[C@@]12OC(C)(C)O[C@@H]1C[C@H]1[C@@H]3CC(F)C4=CC(=O)C=C[C@]4(C)[C@H]3[C@@H](O)C[C@@]12C. The molecule has 9 atom stereocenters. The van der Waals surface area contributed by atoms with Crippen LogP contribution in [-0.4, -0.2) is 59.0 Å². The van der Waals surface area contributed by atoms with E-state index in [9.17, 15) is 19.5 Å². The van der Waals surface area contributed by atoms with E-state index < -0.39 is 59.0 Å². The van der Waals surface area contributed by atoms with Crippen molar-refractivity contribution < 1.29 is 38.1 Å². The highest BCUT2D eigenvalue weighted by Gasteiger charge is 2.77. The second-order valence-corrected chi connectivity index (χ2v) is 11.6. The number of carbonyl (C=O) groups excluding carboxylic acids is 3. The Morgan fingerprint density at radius 1 is 1.24 bits per heavy atom. The van der Waals surface area contributed by atoms with Gasteiger partial charge in [-0.2, -0.15) is 0 Å². The average molecular weight is 477 g/mol. The summed E-state index contributed by atoms with van der Waals surface area (Å²) in [7, 11) is 0. The summed E-state index contributed by atoms with van der Waals surface area (Å²) in [6.45, 7) is 8.10. The van der Waals surface area contributed by atoms with Crippen molar-refractivity contribution in [1.82, 2.24) is 0 Å². The van der Waals surface area contributed by atoms with Crippen LogP contribution in [-0.2, 0) is 28.6 Å². The molecule has 34 heavy (non-hydrogen) atoms. The van der Waals surface area contributed by atoms with Crippen molar-refractivity contribution in [3.63, 3.8) is 0 Å². The van der Waals surface area contributed by atoms with Crippen molar-refractivity contribution in [3.05, 3.63) is 23.8 Å². The number of rotatable bonds is 3. The predicted octanol–water partition coefficient (Wildman–Crippen LogP) is 2.85. The van der Waals surface area contributed by atoms with E-state index in [1.807, 2.05) is 13.8 Å². The third kappa shape index (κ3) is 3.00. The number of esters is 1. The molecule has 7 nitrogen and oxygen atoms in total. The molecule has 1 saturated heterocycles. The number of allylic oxidation sites excluding steroid dienone is 4. The Kier molecular flexibility index (Phi) is 5.12. The van der Waals surface area contributed by atoms with Crippen molar-refractivity contribution in [1.29, 1.82) is 0 Å². The van der Waals surface area contributed by atoms with E-state index in [1.54, 1.807) is 19.9 Å². The van der Waals surface area contributed by atoms with Crippen molar-refractivity contribution in [3.8, 4) is 0 Å². The van der Waals surface area contributed by atoms with E-state index in [4.69, 9.17) is 14.2 Å². The Hall–Kier alpha value is -1.90. The first-order chi connectivity index (χ1) is 15.7. The molecule has 0 bridgehead atoms. The minimum absolute atomic E-state index is 0.161. The van der Waals surface area contributed by atoms with Gasteiger partial charge in [0.1, 0.15) is 6.17 Å². The summed E-state index contributed by atoms with van der Waals surface area (Å²) in [4.78, 5) is 37.1. The van der Waals surface area contributed by atoms with Crippen LogP contribution in [0.25, 0.3) is 0 Å². The third-order valence-electron chi connectivity index (χ3n) is 9.29. The van der Waals surface area contributed by atoms with Gasteiger partial charge in [-0.05, 0) is 62.7 Å². The summed E-state index contributed by atoms with van der Waals surface area (Å²) in [5.74, 6) is -2.94. The normalized spacial score (nSPS) is 48.3. The number of hydrogen-bond acceptors (Lipinski definition) is 7. The fourth-order valence-corrected chi connectivity index (χ4v) is 8.21. The molecule has 0 amide bonds. The summed E-state index contributed by atoms with van der Waals surface area (Å²) in [6.07, 6.45) is 2.70. The summed E-state index contributed by atoms with van der Waals surface area (Å²) in [6, 6.07) is 0. The molecule has 8 heteroatoms. The molecule has 1 unspecified atom stereocenters. The van der Waals surface area contributed by atoms with E-state index in [0.29, 0.717) is 12.0 Å². The molecule has 0 aromatic carbocycles. The molecule has 5 aliphatic rings. The number of carbonyl (C=O) groups is 3. The monoisotopic (exact) mass is 476 g/mol. The van der Waals surface area contributed by atoms with Gasteiger partial charge in [-0.15, -0.1) is 0 Å².